The monoisotopic (exact) mass is 170 g/mol. The van der Waals surface area contributed by atoms with Crippen LogP contribution < -0.4 is 0 Å². The van der Waals surface area contributed by atoms with Crippen LogP contribution in [0.1, 0.15) is 19.3 Å². The summed E-state index contributed by atoms with van der Waals surface area (Å²) in [7, 11) is 0. The maximum atomic E-state index is 5.52. The van der Waals surface area contributed by atoms with Gasteiger partial charge in [0.25, 0.3) is 0 Å². The molecular formula is C9H14OS. The minimum atomic E-state index is 0.174. The number of hydrogen-bond donors (Lipinski definition) is 1. The average Bonchev–Trinajstić information content (AvgIpc) is 2.07. The van der Waals surface area contributed by atoms with E-state index in [2.05, 4.69) is 24.9 Å². The van der Waals surface area contributed by atoms with Crippen LogP contribution in [0.2, 0.25) is 0 Å². The second-order valence-electron chi connectivity index (χ2n) is 2.77. The molecule has 1 aliphatic rings. The minimum Gasteiger partial charge on any atom is -0.377 e. The first-order valence-corrected chi connectivity index (χ1v) is 4.52. The molecule has 0 aliphatic carbocycles. The van der Waals surface area contributed by atoms with Crippen molar-refractivity contribution in [1.29, 1.82) is 0 Å². The summed E-state index contributed by atoms with van der Waals surface area (Å²) < 4.78 is 5.52. The van der Waals surface area contributed by atoms with Gasteiger partial charge < -0.3 is 4.74 Å². The molecule has 1 rings (SSSR count). The molecule has 0 N–H and O–H groups in total. The molecule has 0 amide bonds. The summed E-state index contributed by atoms with van der Waals surface area (Å²) >= 11 is 4.37. The van der Waals surface area contributed by atoms with Crippen LogP contribution in [0.3, 0.4) is 0 Å². The molecule has 62 valence electrons. The first-order valence-electron chi connectivity index (χ1n) is 4.00. The molecule has 2 unspecified atom stereocenters. The van der Waals surface area contributed by atoms with E-state index < -0.39 is 0 Å². The Kier molecular flexibility index (Phi) is 3.78. The molecule has 0 bridgehead atoms. The van der Waals surface area contributed by atoms with Gasteiger partial charge in [-0.2, -0.15) is 12.6 Å². The van der Waals surface area contributed by atoms with E-state index in [-0.39, 0.29) is 11.4 Å². The zero-order chi connectivity index (χ0) is 8.10. The molecule has 1 saturated heterocycles. The molecule has 1 heterocycles. The fourth-order valence-corrected chi connectivity index (χ4v) is 1.60. The van der Waals surface area contributed by atoms with Gasteiger partial charge in [0.1, 0.15) is 0 Å². The van der Waals surface area contributed by atoms with Crippen LogP contribution in [0.4, 0.5) is 0 Å². The fourth-order valence-electron chi connectivity index (χ4n) is 1.26. The van der Waals surface area contributed by atoms with E-state index in [4.69, 9.17) is 4.74 Å². The lowest BCUT2D eigenvalue weighted by Gasteiger charge is -2.25. The molecule has 1 fully saturated rings. The van der Waals surface area contributed by atoms with Crippen molar-refractivity contribution in [2.75, 3.05) is 6.61 Å². The van der Waals surface area contributed by atoms with Crippen LogP contribution in [-0.2, 0) is 4.74 Å². The van der Waals surface area contributed by atoms with E-state index in [9.17, 15) is 0 Å². The highest BCUT2D eigenvalue weighted by Gasteiger charge is 2.18. The van der Waals surface area contributed by atoms with Crippen LogP contribution in [0.15, 0.2) is 18.4 Å². The zero-order valence-corrected chi connectivity index (χ0v) is 7.52. The van der Waals surface area contributed by atoms with Crippen LogP contribution >= 0.6 is 12.6 Å². The van der Waals surface area contributed by atoms with E-state index in [1.165, 1.54) is 12.8 Å². The maximum absolute atomic E-state index is 5.52. The Balaban J connectivity index is 2.38. The van der Waals surface area contributed by atoms with Gasteiger partial charge in [-0.25, -0.2) is 0 Å². The van der Waals surface area contributed by atoms with Gasteiger partial charge in [-0.1, -0.05) is 6.58 Å². The highest BCUT2D eigenvalue weighted by Crippen LogP contribution is 2.19. The zero-order valence-electron chi connectivity index (χ0n) is 6.62. The first kappa shape index (κ1) is 8.92. The van der Waals surface area contributed by atoms with Crippen LogP contribution in [0.25, 0.3) is 0 Å². The normalized spacial score (nSPS) is 27.2. The Labute approximate surface area is 73.5 Å². The number of thiol groups is 1. The van der Waals surface area contributed by atoms with Gasteiger partial charge in [-0.15, -0.1) is 5.73 Å². The van der Waals surface area contributed by atoms with E-state index in [0.717, 1.165) is 13.0 Å². The number of ether oxygens (including phenoxy) is 1. The predicted octanol–water partition coefficient (Wildman–Crippen LogP) is 2.19. The second-order valence-corrected chi connectivity index (χ2v) is 3.36. The van der Waals surface area contributed by atoms with Gasteiger partial charge >= 0.3 is 0 Å². The Morgan fingerprint density at radius 2 is 2.45 bits per heavy atom. The SMILES string of the molecule is C=C=CC(S)C1CCCCO1. The first-order chi connectivity index (χ1) is 5.34. The summed E-state index contributed by atoms with van der Waals surface area (Å²) in [5.41, 5.74) is 2.73. The highest BCUT2D eigenvalue weighted by atomic mass is 32.1. The van der Waals surface area contributed by atoms with Gasteiger partial charge in [0.15, 0.2) is 0 Å². The van der Waals surface area contributed by atoms with Gasteiger partial charge in [0, 0.05) is 6.61 Å². The molecule has 0 radical (unpaired) electrons. The largest absolute Gasteiger partial charge is 0.377 e. The Hall–Kier alpha value is -0.170. The van der Waals surface area contributed by atoms with E-state index in [1.54, 1.807) is 0 Å². The topological polar surface area (TPSA) is 9.23 Å². The van der Waals surface area contributed by atoms with Crippen molar-refractivity contribution in [3.63, 3.8) is 0 Å². The molecule has 2 heteroatoms. The van der Waals surface area contributed by atoms with Crippen molar-refractivity contribution in [2.24, 2.45) is 0 Å². The molecule has 1 aliphatic heterocycles. The smallest absolute Gasteiger partial charge is 0.0732 e. The van der Waals surface area contributed by atoms with Crippen LogP contribution in [0, 0.1) is 0 Å². The summed E-state index contributed by atoms with van der Waals surface area (Å²) in [6.07, 6.45) is 5.70. The quantitative estimate of drug-likeness (QED) is 0.494. The fraction of sp³-hybridized carbons (Fsp3) is 0.667. The Morgan fingerprint density at radius 3 is 3.00 bits per heavy atom. The molecule has 1 nitrogen and oxygen atoms in total. The molecule has 0 aromatic rings. The van der Waals surface area contributed by atoms with Gasteiger partial charge in [-0.3, -0.25) is 0 Å². The summed E-state index contributed by atoms with van der Waals surface area (Å²) in [6.45, 7) is 4.39. The average molecular weight is 170 g/mol. The predicted molar refractivity (Wildman–Crippen MR) is 50.1 cm³/mol. The Bertz CT molecular complexity index is 155. The summed E-state index contributed by atoms with van der Waals surface area (Å²) in [5, 5.41) is 0.174. The van der Waals surface area contributed by atoms with E-state index in [1.807, 2.05) is 6.08 Å². The summed E-state index contributed by atoms with van der Waals surface area (Å²) in [5.74, 6) is 0. The van der Waals surface area contributed by atoms with Crippen molar-refractivity contribution in [3.8, 4) is 0 Å². The van der Waals surface area contributed by atoms with Gasteiger partial charge in [-0.05, 0) is 25.3 Å². The maximum Gasteiger partial charge on any atom is 0.0732 e. The van der Waals surface area contributed by atoms with Crippen LogP contribution in [-0.4, -0.2) is 18.0 Å². The summed E-state index contributed by atoms with van der Waals surface area (Å²) in [4.78, 5) is 0. The third-order valence-electron chi connectivity index (χ3n) is 1.88. The lowest BCUT2D eigenvalue weighted by atomic mass is 10.1. The lowest BCUT2D eigenvalue weighted by molar-refractivity contribution is 0.0219. The Morgan fingerprint density at radius 1 is 1.64 bits per heavy atom. The third kappa shape index (κ3) is 2.74. The highest BCUT2D eigenvalue weighted by molar-refractivity contribution is 7.81. The van der Waals surface area contributed by atoms with Gasteiger partial charge in [0.05, 0.1) is 11.4 Å². The van der Waals surface area contributed by atoms with Crippen molar-refractivity contribution in [1.82, 2.24) is 0 Å². The molecule has 0 aromatic carbocycles. The van der Waals surface area contributed by atoms with Crippen molar-refractivity contribution >= 4 is 12.6 Å². The minimum absolute atomic E-state index is 0.174. The van der Waals surface area contributed by atoms with Crippen LogP contribution in [0.5, 0.6) is 0 Å². The molecule has 0 spiro atoms. The van der Waals surface area contributed by atoms with Gasteiger partial charge in [0.2, 0.25) is 0 Å². The number of hydrogen-bond acceptors (Lipinski definition) is 2. The molecule has 0 aromatic heterocycles. The molecular weight excluding hydrogens is 156 g/mol. The third-order valence-corrected chi connectivity index (χ3v) is 2.37. The van der Waals surface area contributed by atoms with E-state index in [0.29, 0.717) is 0 Å². The molecule has 0 saturated carbocycles. The van der Waals surface area contributed by atoms with E-state index >= 15 is 0 Å². The number of rotatable bonds is 2. The van der Waals surface area contributed by atoms with Crippen molar-refractivity contribution in [3.05, 3.63) is 18.4 Å². The van der Waals surface area contributed by atoms with Crippen molar-refractivity contribution < 1.29 is 4.74 Å². The standard InChI is InChI=1S/C9H14OS/c1-2-5-9(11)8-6-3-4-7-10-8/h5,8-9,11H,1,3-4,6-7H2. The second kappa shape index (κ2) is 4.66. The lowest BCUT2D eigenvalue weighted by Crippen LogP contribution is -2.27. The van der Waals surface area contributed by atoms with Crippen molar-refractivity contribution in [2.45, 2.75) is 30.6 Å². The summed E-state index contributed by atoms with van der Waals surface area (Å²) in [6, 6.07) is 0. The molecule has 2 atom stereocenters. The molecule has 11 heavy (non-hydrogen) atoms.